The summed E-state index contributed by atoms with van der Waals surface area (Å²) in [4.78, 5) is 2.42. The normalized spacial score (nSPS) is 17.6. The molecule has 0 spiro atoms. The molecule has 0 aliphatic carbocycles. The highest BCUT2D eigenvalue weighted by atomic mass is 79.9. The van der Waals surface area contributed by atoms with Gasteiger partial charge in [0.15, 0.2) is 0 Å². The summed E-state index contributed by atoms with van der Waals surface area (Å²) in [6.45, 7) is 6.91. The van der Waals surface area contributed by atoms with E-state index in [1.165, 1.54) is 44.5 Å². The lowest BCUT2D eigenvalue weighted by molar-refractivity contribution is 0.173. The van der Waals surface area contributed by atoms with Gasteiger partial charge in [-0.05, 0) is 31.0 Å². The van der Waals surface area contributed by atoms with E-state index in [0.717, 1.165) is 10.2 Å². The molecule has 0 atom stereocenters. The summed E-state index contributed by atoms with van der Waals surface area (Å²) < 4.78 is 1.05. The Hall–Kier alpha value is -0.700. The van der Waals surface area contributed by atoms with E-state index in [0.29, 0.717) is 5.41 Å². The summed E-state index contributed by atoms with van der Waals surface area (Å²) in [5, 5.41) is 0. The number of nitrogens with two attached hydrogens (primary N) is 1. The van der Waals surface area contributed by atoms with Gasteiger partial charge in [0.2, 0.25) is 0 Å². The van der Waals surface area contributed by atoms with E-state index < -0.39 is 0 Å². The molecule has 2 rings (SSSR count). The number of anilines is 2. The van der Waals surface area contributed by atoms with E-state index in [4.69, 9.17) is 5.73 Å². The second-order valence-corrected chi connectivity index (χ2v) is 6.47. The highest BCUT2D eigenvalue weighted by Crippen LogP contribution is 2.43. The molecular formula is C15H23BrN2. The van der Waals surface area contributed by atoms with E-state index in [-0.39, 0.29) is 0 Å². The second-order valence-electron chi connectivity index (χ2n) is 5.56. The van der Waals surface area contributed by atoms with Gasteiger partial charge in [0.25, 0.3) is 0 Å². The first-order chi connectivity index (χ1) is 8.60. The van der Waals surface area contributed by atoms with E-state index in [2.05, 4.69) is 46.8 Å². The van der Waals surface area contributed by atoms with Crippen LogP contribution in [0.4, 0.5) is 11.4 Å². The molecular weight excluding hydrogens is 288 g/mol. The summed E-state index contributed by atoms with van der Waals surface area (Å²) in [5.41, 5.74) is 8.72. The van der Waals surface area contributed by atoms with Crippen molar-refractivity contribution in [3.05, 3.63) is 22.7 Å². The third kappa shape index (κ3) is 2.66. The lowest BCUT2D eigenvalue weighted by Crippen LogP contribution is -2.56. The minimum Gasteiger partial charge on any atom is -0.397 e. The average Bonchev–Trinajstić information content (AvgIpc) is 2.26. The number of benzene rings is 1. The van der Waals surface area contributed by atoms with E-state index in [1.54, 1.807) is 0 Å². The summed E-state index contributed by atoms with van der Waals surface area (Å²) in [6.07, 6.45) is 5.24. The van der Waals surface area contributed by atoms with Crippen LogP contribution in [0.15, 0.2) is 22.7 Å². The third-order valence-corrected chi connectivity index (χ3v) is 4.44. The summed E-state index contributed by atoms with van der Waals surface area (Å²) >= 11 is 3.46. The molecule has 1 aliphatic heterocycles. The van der Waals surface area contributed by atoms with E-state index in [9.17, 15) is 0 Å². The Morgan fingerprint density at radius 3 is 2.33 bits per heavy atom. The van der Waals surface area contributed by atoms with Gasteiger partial charge in [0.05, 0.1) is 11.4 Å². The highest BCUT2D eigenvalue weighted by molar-refractivity contribution is 9.10. The minimum absolute atomic E-state index is 0.545. The molecule has 0 saturated carbocycles. The van der Waals surface area contributed by atoms with Gasteiger partial charge < -0.3 is 10.6 Å². The lowest BCUT2D eigenvalue weighted by atomic mass is 9.72. The molecule has 0 aromatic heterocycles. The molecule has 1 heterocycles. The van der Waals surface area contributed by atoms with Crippen LogP contribution in [0.1, 0.15) is 39.5 Å². The maximum Gasteiger partial charge on any atom is 0.0601 e. The highest BCUT2D eigenvalue weighted by Gasteiger charge is 2.41. The predicted octanol–water partition coefficient (Wildman–Crippen LogP) is 4.44. The number of halogens is 1. The van der Waals surface area contributed by atoms with Crippen LogP contribution in [-0.4, -0.2) is 13.1 Å². The number of hydrogen-bond donors (Lipinski definition) is 1. The van der Waals surface area contributed by atoms with Gasteiger partial charge in [0, 0.05) is 23.0 Å². The molecule has 1 aromatic rings. The quantitative estimate of drug-likeness (QED) is 0.815. The first-order valence-corrected chi connectivity index (χ1v) is 7.69. The number of nitrogen functional groups attached to an aromatic ring is 1. The van der Waals surface area contributed by atoms with Crippen LogP contribution in [0.2, 0.25) is 0 Å². The summed E-state index contributed by atoms with van der Waals surface area (Å²) in [7, 11) is 0. The minimum atomic E-state index is 0.545. The summed E-state index contributed by atoms with van der Waals surface area (Å²) in [5.74, 6) is 0. The topological polar surface area (TPSA) is 29.3 Å². The Balaban J connectivity index is 2.06. The van der Waals surface area contributed by atoms with Crippen molar-refractivity contribution in [2.45, 2.75) is 39.5 Å². The van der Waals surface area contributed by atoms with Crippen molar-refractivity contribution in [2.75, 3.05) is 23.7 Å². The van der Waals surface area contributed by atoms with Crippen molar-refractivity contribution in [3.8, 4) is 0 Å². The maximum atomic E-state index is 6.10. The Morgan fingerprint density at radius 1 is 1.22 bits per heavy atom. The molecule has 100 valence electrons. The average molecular weight is 311 g/mol. The first kappa shape index (κ1) is 13.7. The number of hydrogen-bond acceptors (Lipinski definition) is 2. The standard InChI is InChI=1S/C15H23BrN2/c1-3-7-15(8-4-2)10-18(11-15)14-6-5-12(16)9-13(14)17/h5-6,9H,3-4,7-8,10-11,17H2,1-2H3. The zero-order valence-electron chi connectivity index (χ0n) is 11.4. The maximum absolute atomic E-state index is 6.10. The van der Waals surface area contributed by atoms with Crippen LogP contribution in [-0.2, 0) is 0 Å². The fourth-order valence-electron chi connectivity index (χ4n) is 3.25. The van der Waals surface area contributed by atoms with Gasteiger partial charge in [-0.15, -0.1) is 0 Å². The van der Waals surface area contributed by atoms with Crippen LogP contribution in [0.3, 0.4) is 0 Å². The lowest BCUT2D eigenvalue weighted by Gasteiger charge is -2.52. The van der Waals surface area contributed by atoms with Gasteiger partial charge in [0.1, 0.15) is 0 Å². The van der Waals surface area contributed by atoms with Gasteiger partial charge in [-0.3, -0.25) is 0 Å². The fourth-order valence-corrected chi connectivity index (χ4v) is 3.63. The zero-order chi connectivity index (χ0) is 13.2. The second kappa shape index (κ2) is 5.52. The number of nitrogens with zero attached hydrogens (tertiary/aromatic N) is 1. The fraction of sp³-hybridized carbons (Fsp3) is 0.600. The van der Waals surface area contributed by atoms with E-state index in [1.807, 2.05) is 6.07 Å². The number of rotatable bonds is 5. The molecule has 18 heavy (non-hydrogen) atoms. The molecule has 1 aromatic carbocycles. The van der Waals surface area contributed by atoms with Gasteiger partial charge in [-0.2, -0.15) is 0 Å². The monoisotopic (exact) mass is 310 g/mol. The van der Waals surface area contributed by atoms with E-state index >= 15 is 0 Å². The van der Waals surface area contributed by atoms with Crippen molar-refractivity contribution in [2.24, 2.45) is 5.41 Å². The smallest absolute Gasteiger partial charge is 0.0601 e. The van der Waals surface area contributed by atoms with Gasteiger partial charge in [-0.25, -0.2) is 0 Å². The van der Waals surface area contributed by atoms with Gasteiger partial charge >= 0.3 is 0 Å². The predicted molar refractivity (Wildman–Crippen MR) is 83.0 cm³/mol. The SMILES string of the molecule is CCCC1(CCC)CN(c2ccc(Br)cc2N)C1. The molecule has 3 heteroatoms. The molecule has 1 fully saturated rings. The largest absolute Gasteiger partial charge is 0.397 e. The van der Waals surface area contributed by atoms with Crippen LogP contribution in [0.25, 0.3) is 0 Å². The van der Waals surface area contributed by atoms with Crippen molar-refractivity contribution in [3.63, 3.8) is 0 Å². The van der Waals surface area contributed by atoms with Crippen molar-refractivity contribution < 1.29 is 0 Å². The van der Waals surface area contributed by atoms with Crippen LogP contribution >= 0.6 is 15.9 Å². The van der Waals surface area contributed by atoms with Crippen LogP contribution in [0, 0.1) is 5.41 Å². The van der Waals surface area contributed by atoms with Crippen LogP contribution < -0.4 is 10.6 Å². The first-order valence-electron chi connectivity index (χ1n) is 6.90. The molecule has 2 nitrogen and oxygen atoms in total. The molecule has 2 N–H and O–H groups in total. The Morgan fingerprint density at radius 2 is 1.83 bits per heavy atom. The molecule has 0 unspecified atom stereocenters. The molecule has 0 radical (unpaired) electrons. The molecule has 1 aliphatic rings. The zero-order valence-corrected chi connectivity index (χ0v) is 13.0. The van der Waals surface area contributed by atoms with Gasteiger partial charge in [-0.1, -0.05) is 42.6 Å². The van der Waals surface area contributed by atoms with Crippen molar-refractivity contribution in [1.29, 1.82) is 0 Å². The molecule has 0 amide bonds. The van der Waals surface area contributed by atoms with Crippen molar-refractivity contribution >= 4 is 27.3 Å². The van der Waals surface area contributed by atoms with Crippen molar-refractivity contribution in [1.82, 2.24) is 0 Å². The Kier molecular flexibility index (Phi) is 4.21. The van der Waals surface area contributed by atoms with Crippen LogP contribution in [0.5, 0.6) is 0 Å². The Bertz CT molecular complexity index is 403. The molecule has 1 saturated heterocycles. The molecule has 0 bridgehead atoms. The Labute approximate surface area is 119 Å². The summed E-state index contributed by atoms with van der Waals surface area (Å²) in [6, 6.07) is 6.20. The third-order valence-electron chi connectivity index (χ3n) is 3.94.